The number of nitrogens with two attached hydrogens (primary N) is 1. The summed E-state index contributed by atoms with van der Waals surface area (Å²) < 4.78 is 31.0. The minimum atomic E-state index is -3.46. The Balaban J connectivity index is 2.68. The maximum Gasteiger partial charge on any atom is 0.240 e. The van der Waals surface area contributed by atoms with Crippen LogP contribution in [0.4, 0.5) is 5.69 Å². The molecule has 0 aliphatic carbocycles. The highest BCUT2D eigenvalue weighted by Gasteiger charge is 2.13. The van der Waals surface area contributed by atoms with Gasteiger partial charge in [0.1, 0.15) is 5.75 Å². The van der Waals surface area contributed by atoms with E-state index in [2.05, 4.69) is 18.6 Å². The third-order valence-electron chi connectivity index (χ3n) is 2.74. The van der Waals surface area contributed by atoms with E-state index in [1.165, 1.54) is 19.2 Å². The van der Waals surface area contributed by atoms with Crippen LogP contribution in [0.25, 0.3) is 0 Å². The van der Waals surface area contributed by atoms with Crippen LogP contribution in [0.5, 0.6) is 5.75 Å². The molecule has 0 aromatic heterocycles. The highest BCUT2D eigenvalue weighted by Crippen LogP contribution is 2.25. The fourth-order valence-electron chi connectivity index (χ4n) is 1.62. The van der Waals surface area contributed by atoms with Gasteiger partial charge in [-0.2, -0.15) is 0 Å². The Morgan fingerprint density at radius 1 is 1.37 bits per heavy atom. The summed E-state index contributed by atoms with van der Waals surface area (Å²) >= 11 is 0. The number of sulfonamides is 1. The van der Waals surface area contributed by atoms with Crippen LogP contribution >= 0.6 is 0 Å². The summed E-state index contributed by atoms with van der Waals surface area (Å²) in [6, 6.07) is 4.48. The van der Waals surface area contributed by atoms with Gasteiger partial charge in [0.25, 0.3) is 0 Å². The SMILES string of the molecule is CNS(=O)(=O)c1ccc(OCCCC(C)C)c(N)c1. The Kier molecular flexibility index (Phi) is 5.62. The van der Waals surface area contributed by atoms with Crippen molar-refractivity contribution in [1.29, 1.82) is 0 Å². The van der Waals surface area contributed by atoms with Crippen molar-refractivity contribution in [2.45, 2.75) is 31.6 Å². The Labute approximate surface area is 115 Å². The van der Waals surface area contributed by atoms with E-state index >= 15 is 0 Å². The molecule has 5 nitrogen and oxygen atoms in total. The summed E-state index contributed by atoms with van der Waals surface area (Å²) in [6.45, 7) is 4.90. The second-order valence-electron chi connectivity index (χ2n) is 4.79. The molecular formula is C13H22N2O3S. The molecule has 0 heterocycles. The van der Waals surface area contributed by atoms with E-state index < -0.39 is 10.0 Å². The monoisotopic (exact) mass is 286 g/mol. The van der Waals surface area contributed by atoms with E-state index in [9.17, 15) is 8.42 Å². The van der Waals surface area contributed by atoms with Crippen LogP contribution in [0.2, 0.25) is 0 Å². The molecule has 108 valence electrons. The lowest BCUT2D eigenvalue weighted by atomic mass is 10.1. The average molecular weight is 286 g/mol. The first-order chi connectivity index (χ1) is 8.86. The first-order valence-corrected chi connectivity index (χ1v) is 7.81. The zero-order valence-electron chi connectivity index (χ0n) is 11.6. The molecule has 19 heavy (non-hydrogen) atoms. The molecule has 0 aliphatic heterocycles. The van der Waals surface area contributed by atoms with E-state index in [1.807, 2.05) is 0 Å². The van der Waals surface area contributed by atoms with Gasteiger partial charge in [-0.05, 0) is 44.0 Å². The minimum Gasteiger partial charge on any atom is -0.491 e. The molecule has 3 N–H and O–H groups in total. The average Bonchev–Trinajstić information content (AvgIpc) is 2.35. The second-order valence-corrected chi connectivity index (χ2v) is 6.68. The van der Waals surface area contributed by atoms with Crippen molar-refractivity contribution < 1.29 is 13.2 Å². The molecule has 1 aromatic rings. The van der Waals surface area contributed by atoms with Crippen LogP contribution in [-0.4, -0.2) is 22.1 Å². The summed E-state index contributed by atoms with van der Waals surface area (Å²) in [6.07, 6.45) is 2.04. The third kappa shape index (κ3) is 4.72. The first-order valence-electron chi connectivity index (χ1n) is 6.32. The Morgan fingerprint density at radius 3 is 2.58 bits per heavy atom. The molecule has 0 fully saturated rings. The van der Waals surface area contributed by atoms with E-state index in [4.69, 9.17) is 10.5 Å². The predicted molar refractivity (Wildman–Crippen MR) is 76.7 cm³/mol. The van der Waals surface area contributed by atoms with Gasteiger partial charge in [-0.25, -0.2) is 13.1 Å². The number of nitrogen functional groups attached to an aromatic ring is 1. The molecule has 0 saturated heterocycles. The topological polar surface area (TPSA) is 81.4 Å². The molecular weight excluding hydrogens is 264 g/mol. The summed E-state index contributed by atoms with van der Waals surface area (Å²) in [5, 5.41) is 0. The molecule has 0 radical (unpaired) electrons. The van der Waals surface area contributed by atoms with Gasteiger partial charge in [-0.3, -0.25) is 0 Å². The van der Waals surface area contributed by atoms with Gasteiger partial charge < -0.3 is 10.5 Å². The molecule has 0 amide bonds. The zero-order valence-corrected chi connectivity index (χ0v) is 12.5. The van der Waals surface area contributed by atoms with Crippen molar-refractivity contribution in [3.05, 3.63) is 18.2 Å². The summed E-state index contributed by atoms with van der Waals surface area (Å²) in [7, 11) is -2.10. The van der Waals surface area contributed by atoms with Gasteiger partial charge in [-0.1, -0.05) is 13.8 Å². The number of ether oxygens (including phenoxy) is 1. The third-order valence-corrected chi connectivity index (χ3v) is 4.16. The number of hydrogen-bond acceptors (Lipinski definition) is 4. The maximum atomic E-state index is 11.6. The Morgan fingerprint density at radius 2 is 2.05 bits per heavy atom. The molecule has 0 bridgehead atoms. The van der Waals surface area contributed by atoms with E-state index in [0.29, 0.717) is 24.0 Å². The molecule has 0 aliphatic rings. The van der Waals surface area contributed by atoms with Crippen molar-refractivity contribution in [3.63, 3.8) is 0 Å². The van der Waals surface area contributed by atoms with Crippen molar-refractivity contribution in [2.75, 3.05) is 19.4 Å². The van der Waals surface area contributed by atoms with E-state index in [1.54, 1.807) is 6.07 Å². The molecule has 0 spiro atoms. The molecule has 0 unspecified atom stereocenters. The van der Waals surface area contributed by atoms with Crippen molar-refractivity contribution in [3.8, 4) is 5.75 Å². The van der Waals surface area contributed by atoms with E-state index in [-0.39, 0.29) is 4.90 Å². The van der Waals surface area contributed by atoms with E-state index in [0.717, 1.165) is 12.8 Å². The van der Waals surface area contributed by atoms with Gasteiger partial charge in [0.05, 0.1) is 17.2 Å². The zero-order chi connectivity index (χ0) is 14.5. The molecule has 1 rings (SSSR count). The second kappa shape index (κ2) is 6.77. The maximum absolute atomic E-state index is 11.6. The molecule has 0 atom stereocenters. The highest BCUT2D eigenvalue weighted by molar-refractivity contribution is 7.89. The smallest absolute Gasteiger partial charge is 0.240 e. The molecule has 6 heteroatoms. The van der Waals surface area contributed by atoms with Gasteiger partial charge in [0.15, 0.2) is 0 Å². The van der Waals surface area contributed by atoms with Crippen LogP contribution in [0.3, 0.4) is 0 Å². The van der Waals surface area contributed by atoms with Crippen LogP contribution < -0.4 is 15.2 Å². The quantitative estimate of drug-likeness (QED) is 0.593. The summed E-state index contributed by atoms with van der Waals surface area (Å²) in [5.74, 6) is 1.17. The predicted octanol–water partition coefficient (Wildman–Crippen LogP) is 1.99. The molecule has 1 aromatic carbocycles. The van der Waals surface area contributed by atoms with Gasteiger partial charge in [0, 0.05) is 0 Å². The minimum absolute atomic E-state index is 0.141. The van der Waals surface area contributed by atoms with Crippen LogP contribution in [-0.2, 0) is 10.0 Å². The fourth-order valence-corrected chi connectivity index (χ4v) is 2.38. The van der Waals surface area contributed by atoms with Crippen molar-refractivity contribution in [1.82, 2.24) is 4.72 Å². The lowest BCUT2D eigenvalue weighted by molar-refractivity contribution is 0.299. The number of anilines is 1. The van der Waals surface area contributed by atoms with Crippen LogP contribution in [0, 0.1) is 5.92 Å². The first kappa shape index (κ1) is 15.8. The number of nitrogens with one attached hydrogen (secondary N) is 1. The summed E-state index contributed by atoms with van der Waals surface area (Å²) in [5.41, 5.74) is 6.13. The van der Waals surface area contributed by atoms with Gasteiger partial charge >= 0.3 is 0 Å². The number of hydrogen-bond donors (Lipinski definition) is 2. The van der Waals surface area contributed by atoms with Crippen LogP contribution in [0.15, 0.2) is 23.1 Å². The Bertz CT molecular complexity index is 513. The standard InChI is InChI=1S/C13H22N2O3S/c1-10(2)5-4-8-18-13-7-6-11(9-12(13)14)19(16,17)15-3/h6-7,9-10,15H,4-5,8,14H2,1-3H3. The summed E-state index contributed by atoms with van der Waals surface area (Å²) in [4.78, 5) is 0.141. The van der Waals surface area contributed by atoms with Crippen molar-refractivity contribution >= 4 is 15.7 Å². The fraction of sp³-hybridized carbons (Fsp3) is 0.538. The molecule has 0 saturated carbocycles. The van der Waals surface area contributed by atoms with Gasteiger partial charge in [0.2, 0.25) is 10.0 Å². The van der Waals surface area contributed by atoms with Gasteiger partial charge in [-0.15, -0.1) is 0 Å². The normalized spacial score (nSPS) is 11.8. The van der Waals surface area contributed by atoms with Crippen LogP contribution in [0.1, 0.15) is 26.7 Å². The highest BCUT2D eigenvalue weighted by atomic mass is 32.2. The largest absolute Gasteiger partial charge is 0.491 e. The number of rotatable bonds is 7. The number of benzene rings is 1. The Hall–Kier alpha value is -1.27. The lowest BCUT2D eigenvalue weighted by Crippen LogP contribution is -2.18. The lowest BCUT2D eigenvalue weighted by Gasteiger charge is -2.11. The van der Waals surface area contributed by atoms with Crippen molar-refractivity contribution in [2.24, 2.45) is 5.92 Å².